The molecule has 1 nitrogen and oxygen atoms in total. The van der Waals surface area contributed by atoms with Gasteiger partial charge in [-0.1, -0.05) is 77.9 Å². The lowest BCUT2D eigenvalue weighted by atomic mass is 9.35. The number of para-hydroxylation sites is 1. The fraction of sp³-hybridized carbons (Fsp3) is 0. The summed E-state index contributed by atoms with van der Waals surface area (Å²) in [5.41, 5.74) is 8.36. The average molecular weight is 465 g/mol. The predicted molar refractivity (Wildman–Crippen MR) is 149 cm³/mol. The molecule has 0 fully saturated rings. The first-order valence-corrected chi connectivity index (χ1v) is 13.3. The van der Waals surface area contributed by atoms with Gasteiger partial charge in [0, 0.05) is 46.4 Å². The Morgan fingerprint density at radius 2 is 1.41 bits per heavy atom. The molecule has 0 radical (unpaired) electrons. The van der Waals surface area contributed by atoms with E-state index in [1.54, 1.807) is 0 Å². The summed E-state index contributed by atoms with van der Waals surface area (Å²) in [7, 11) is 0. The number of rotatable bonds is 0. The lowest BCUT2D eigenvalue weighted by Gasteiger charge is -2.33. The van der Waals surface area contributed by atoms with Crippen LogP contribution in [0.3, 0.4) is 0 Å². The fourth-order valence-electron chi connectivity index (χ4n) is 6.39. The summed E-state index contributed by atoms with van der Waals surface area (Å²) >= 11 is 3.85. The van der Waals surface area contributed by atoms with E-state index in [0.29, 0.717) is 0 Å². The van der Waals surface area contributed by atoms with Crippen LogP contribution in [0.15, 0.2) is 107 Å². The van der Waals surface area contributed by atoms with Crippen LogP contribution in [0.4, 0.5) is 0 Å². The van der Waals surface area contributed by atoms with E-state index in [-0.39, 0.29) is 6.71 Å². The van der Waals surface area contributed by atoms with Crippen molar-refractivity contribution in [3.05, 3.63) is 97.1 Å². The maximum Gasteiger partial charge on any atom is 0.249 e. The number of nitrogens with zero attached hydrogens (tertiary/aromatic N) is 1. The standard InChI is InChI=1S/C30H16BNS2/c1-4-11-21-17(8-1)28-27-18-9-2-5-13-23(18)33-26(27)16-20-30(28)32(21)22-12-7-15-25-29(22)31(20)19-10-3-6-14-24(19)34-25/h1-16H. The third kappa shape index (κ3) is 2.02. The molecule has 2 aliphatic rings. The number of thiophene rings is 1. The molecule has 0 bridgehead atoms. The lowest BCUT2D eigenvalue weighted by Crippen LogP contribution is -2.58. The summed E-state index contributed by atoms with van der Waals surface area (Å²) < 4.78 is 5.31. The summed E-state index contributed by atoms with van der Waals surface area (Å²) in [5, 5.41) is 5.54. The highest BCUT2D eigenvalue weighted by Crippen LogP contribution is 2.44. The second kappa shape index (κ2) is 6.15. The van der Waals surface area contributed by atoms with Gasteiger partial charge >= 0.3 is 0 Å². The molecule has 2 aliphatic heterocycles. The zero-order chi connectivity index (χ0) is 22.0. The van der Waals surface area contributed by atoms with Gasteiger partial charge in [0.1, 0.15) is 0 Å². The Morgan fingerprint density at radius 1 is 0.618 bits per heavy atom. The quantitative estimate of drug-likeness (QED) is 0.233. The van der Waals surface area contributed by atoms with Crippen molar-refractivity contribution in [1.82, 2.24) is 4.57 Å². The Balaban J connectivity index is 1.60. The second-order valence-electron chi connectivity index (χ2n) is 9.28. The van der Waals surface area contributed by atoms with Gasteiger partial charge in [0.15, 0.2) is 0 Å². The van der Waals surface area contributed by atoms with Gasteiger partial charge in [-0.25, -0.2) is 0 Å². The molecular weight excluding hydrogens is 449 g/mol. The van der Waals surface area contributed by atoms with E-state index in [0.717, 1.165) is 0 Å². The lowest BCUT2D eigenvalue weighted by molar-refractivity contribution is 1.17. The van der Waals surface area contributed by atoms with Gasteiger partial charge in [-0.05, 0) is 47.3 Å². The van der Waals surface area contributed by atoms with Crippen molar-refractivity contribution in [3.63, 3.8) is 0 Å². The Bertz CT molecular complexity index is 2010. The highest BCUT2D eigenvalue weighted by Gasteiger charge is 2.39. The van der Waals surface area contributed by atoms with Gasteiger partial charge in [-0.15, -0.1) is 11.3 Å². The van der Waals surface area contributed by atoms with Crippen molar-refractivity contribution < 1.29 is 0 Å². The predicted octanol–water partition coefficient (Wildman–Crippen LogP) is 6.45. The molecule has 5 aromatic carbocycles. The average Bonchev–Trinajstić information content (AvgIpc) is 3.42. The van der Waals surface area contributed by atoms with Crippen molar-refractivity contribution in [2.45, 2.75) is 9.79 Å². The Hall–Kier alpha value is -3.47. The van der Waals surface area contributed by atoms with Crippen LogP contribution in [-0.4, -0.2) is 11.3 Å². The molecule has 0 spiro atoms. The number of fused-ring (bicyclic) bond motifs is 11. The molecule has 34 heavy (non-hydrogen) atoms. The van der Waals surface area contributed by atoms with E-state index < -0.39 is 0 Å². The fourth-order valence-corrected chi connectivity index (χ4v) is 8.72. The van der Waals surface area contributed by atoms with Crippen molar-refractivity contribution in [3.8, 4) is 5.69 Å². The van der Waals surface area contributed by atoms with Crippen molar-refractivity contribution in [1.29, 1.82) is 0 Å². The zero-order valence-electron chi connectivity index (χ0n) is 18.1. The van der Waals surface area contributed by atoms with Gasteiger partial charge in [0.2, 0.25) is 6.71 Å². The van der Waals surface area contributed by atoms with Gasteiger partial charge in [-0.2, -0.15) is 0 Å². The van der Waals surface area contributed by atoms with Crippen molar-refractivity contribution in [2.75, 3.05) is 0 Å². The molecule has 2 aromatic heterocycles. The largest absolute Gasteiger partial charge is 0.310 e. The molecule has 9 rings (SSSR count). The summed E-state index contributed by atoms with van der Waals surface area (Å²) in [4.78, 5) is 2.76. The Labute approximate surface area is 204 Å². The monoisotopic (exact) mass is 465 g/mol. The molecule has 0 unspecified atom stereocenters. The topological polar surface area (TPSA) is 4.93 Å². The maximum absolute atomic E-state index is 2.55. The highest BCUT2D eigenvalue weighted by molar-refractivity contribution is 8.00. The molecule has 0 N–H and O–H groups in total. The normalized spacial score (nSPS) is 13.7. The summed E-state index contributed by atoms with van der Waals surface area (Å²) in [6, 6.07) is 36.2. The third-order valence-corrected chi connectivity index (χ3v) is 9.93. The van der Waals surface area contributed by atoms with Crippen LogP contribution in [0.1, 0.15) is 0 Å². The molecule has 4 heteroatoms. The van der Waals surface area contributed by atoms with Crippen LogP contribution in [-0.2, 0) is 0 Å². The van der Waals surface area contributed by atoms with Crippen LogP contribution in [0.2, 0.25) is 0 Å². The SMILES string of the molecule is c1ccc2c(c1)Sc1cccc3c1B2c1cc2sc4ccccc4c2c2c4ccccc4n-3c12. The number of hydrogen-bond donors (Lipinski definition) is 0. The number of aromatic nitrogens is 1. The summed E-state index contributed by atoms with van der Waals surface area (Å²) in [5.74, 6) is 0. The molecule has 7 aromatic rings. The van der Waals surface area contributed by atoms with E-state index in [4.69, 9.17) is 0 Å². The van der Waals surface area contributed by atoms with Crippen LogP contribution in [0.5, 0.6) is 0 Å². The Morgan fingerprint density at radius 3 is 2.38 bits per heavy atom. The second-order valence-corrected chi connectivity index (χ2v) is 11.4. The van der Waals surface area contributed by atoms with Gasteiger partial charge in [0.05, 0.1) is 11.0 Å². The van der Waals surface area contributed by atoms with E-state index in [1.807, 2.05) is 23.1 Å². The number of benzene rings is 5. The minimum Gasteiger partial charge on any atom is -0.310 e. The minimum absolute atomic E-state index is 0.262. The maximum atomic E-state index is 2.55. The first kappa shape index (κ1) is 17.9. The van der Waals surface area contributed by atoms with Crippen LogP contribution in [0.25, 0.3) is 47.7 Å². The van der Waals surface area contributed by atoms with Crippen LogP contribution < -0.4 is 16.4 Å². The van der Waals surface area contributed by atoms with Crippen LogP contribution in [0, 0.1) is 0 Å². The minimum atomic E-state index is 0.262. The molecule has 4 heterocycles. The summed E-state index contributed by atoms with van der Waals surface area (Å²) in [6.45, 7) is 0.262. The van der Waals surface area contributed by atoms with E-state index in [2.05, 4.69) is 102 Å². The van der Waals surface area contributed by atoms with E-state index >= 15 is 0 Å². The molecule has 0 atom stereocenters. The van der Waals surface area contributed by atoms with E-state index in [9.17, 15) is 0 Å². The van der Waals surface area contributed by atoms with Gasteiger partial charge in [0.25, 0.3) is 0 Å². The van der Waals surface area contributed by atoms with Crippen molar-refractivity contribution >= 4 is 88.2 Å². The first-order valence-electron chi connectivity index (χ1n) is 11.7. The molecule has 0 saturated carbocycles. The highest BCUT2D eigenvalue weighted by atomic mass is 32.2. The molecular formula is C30H16BNS2. The Kier molecular flexibility index (Phi) is 3.24. The molecule has 0 aliphatic carbocycles. The van der Waals surface area contributed by atoms with E-state index in [1.165, 1.54) is 73.8 Å². The molecule has 0 saturated heterocycles. The smallest absolute Gasteiger partial charge is 0.249 e. The third-order valence-electron chi connectivity index (χ3n) is 7.64. The molecule has 156 valence electrons. The summed E-state index contributed by atoms with van der Waals surface area (Å²) in [6.07, 6.45) is 0. The van der Waals surface area contributed by atoms with Gasteiger partial charge in [-0.3, -0.25) is 0 Å². The van der Waals surface area contributed by atoms with Crippen LogP contribution >= 0.6 is 23.1 Å². The van der Waals surface area contributed by atoms with Crippen molar-refractivity contribution in [2.24, 2.45) is 0 Å². The van der Waals surface area contributed by atoms with Gasteiger partial charge < -0.3 is 4.57 Å². The number of hydrogen-bond acceptors (Lipinski definition) is 2. The molecule has 0 amide bonds. The zero-order valence-corrected chi connectivity index (χ0v) is 19.7. The first-order chi connectivity index (χ1) is 16.9.